The lowest BCUT2D eigenvalue weighted by molar-refractivity contribution is -0.137. The Hall–Kier alpha value is -4.40. The van der Waals surface area contributed by atoms with E-state index in [4.69, 9.17) is 16.3 Å². The van der Waals surface area contributed by atoms with Crippen molar-refractivity contribution in [2.75, 3.05) is 6.61 Å². The zero-order valence-electron chi connectivity index (χ0n) is 21.7. The lowest BCUT2D eigenvalue weighted by atomic mass is 9.73. The van der Waals surface area contributed by atoms with Gasteiger partial charge in [0.05, 0.1) is 24.4 Å². The second-order valence-corrected chi connectivity index (χ2v) is 9.90. The first-order valence-corrected chi connectivity index (χ1v) is 13.4. The first kappa shape index (κ1) is 26.2. The molecule has 6 heteroatoms. The maximum Gasteiger partial charge on any atom is 0.330 e. The summed E-state index contributed by atoms with van der Waals surface area (Å²) in [6.07, 6.45) is 10.2. The molecule has 5 rings (SSSR count). The van der Waals surface area contributed by atoms with Crippen LogP contribution in [0.15, 0.2) is 85.2 Å². The third kappa shape index (κ3) is 5.87. The predicted octanol–water partition coefficient (Wildman–Crippen LogP) is 7.94. The summed E-state index contributed by atoms with van der Waals surface area (Å²) in [6.45, 7) is 2.13. The Morgan fingerprint density at radius 3 is 2.36 bits per heavy atom. The van der Waals surface area contributed by atoms with Gasteiger partial charge in [-0.15, -0.1) is 0 Å². The Morgan fingerprint density at radius 2 is 1.79 bits per heavy atom. The molecule has 194 valence electrons. The molecule has 1 saturated carbocycles. The van der Waals surface area contributed by atoms with Crippen LogP contribution in [0.1, 0.15) is 54.0 Å². The number of allylic oxidation sites excluding steroid dienone is 1. The third-order valence-electron chi connectivity index (χ3n) is 7.07. The monoisotopic (exact) mass is 533 g/mol. The Bertz CT molecular complexity index is 1560. The standard InChI is InChI=1S/C33H28ClN3O2/c1-2-39-31(38)17-9-22-6-10-26(11-7-22)32(27-14-12-24(13-15-27)28-20-36-37-21-28)33(25-4-3-5-25)29-16-8-23(19-35)18-30(29)34/h6-18,20-21,25H,2-5H2,1H3,(H,36,37)/b17-9+,33-32+. The highest BCUT2D eigenvalue weighted by atomic mass is 35.5. The molecule has 1 heterocycles. The molecule has 1 fully saturated rings. The van der Waals surface area contributed by atoms with Crippen LogP contribution in [-0.2, 0) is 9.53 Å². The fourth-order valence-electron chi connectivity index (χ4n) is 4.89. The van der Waals surface area contributed by atoms with Gasteiger partial charge < -0.3 is 4.74 Å². The molecule has 0 bridgehead atoms. The fourth-order valence-corrected chi connectivity index (χ4v) is 5.17. The molecule has 1 N–H and O–H groups in total. The minimum absolute atomic E-state index is 0.345. The predicted molar refractivity (Wildman–Crippen MR) is 156 cm³/mol. The first-order chi connectivity index (χ1) is 19.1. The van der Waals surface area contributed by atoms with Crippen molar-refractivity contribution in [2.24, 2.45) is 5.92 Å². The van der Waals surface area contributed by atoms with Crippen molar-refractivity contribution in [1.82, 2.24) is 10.2 Å². The van der Waals surface area contributed by atoms with Crippen LogP contribution in [0.25, 0.3) is 28.3 Å². The van der Waals surface area contributed by atoms with E-state index in [1.807, 2.05) is 36.7 Å². The number of nitrogens with zero attached hydrogens (tertiary/aromatic N) is 2. The molecule has 1 aliphatic rings. The maximum absolute atomic E-state index is 11.8. The van der Waals surface area contributed by atoms with E-state index in [-0.39, 0.29) is 5.97 Å². The van der Waals surface area contributed by atoms with E-state index in [2.05, 4.69) is 52.7 Å². The van der Waals surface area contributed by atoms with E-state index in [0.717, 1.165) is 51.8 Å². The molecule has 0 radical (unpaired) electrons. The summed E-state index contributed by atoms with van der Waals surface area (Å²) in [6, 6.07) is 24.4. The molecule has 0 unspecified atom stereocenters. The van der Waals surface area contributed by atoms with Crippen molar-refractivity contribution in [2.45, 2.75) is 26.2 Å². The normalized spacial score (nSPS) is 14.0. The number of rotatable bonds is 8. The van der Waals surface area contributed by atoms with Crippen molar-refractivity contribution >= 4 is 34.8 Å². The number of esters is 1. The zero-order valence-corrected chi connectivity index (χ0v) is 22.4. The quantitative estimate of drug-likeness (QED) is 0.142. The molecule has 0 atom stereocenters. The second-order valence-electron chi connectivity index (χ2n) is 9.49. The number of nitriles is 1. The molecular weight excluding hydrogens is 506 g/mol. The SMILES string of the molecule is CCOC(=O)/C=C/c1ccc(/C(=C(\c2ccc(C#N)cc2Cl)C2CCC2)c2ccc(-c3cn[nH]c3)cc2)cc1. The topological polar surface area (TPSA) is 78.8 Å². The minimum atomic E-state index is -0.359. The van der Waals surface area contributed by atoms with Gasteiger partial charge in [0.1, 0.15) is 0 Å². The number of benzene rings is 3. The van der Waals surface area contributed by atoms with Crippen LogP contribution in [0, 0.1) is 17.2 Å². The highest BCUT2D eigenvalue weighted by Crippen LogP contribution is 2.47. The van der Waals surface area contributed by atoms with Crippen molar-refractivity contribution < 1.29 is 9.53 Å². The Morgan fingerprint density at radius 1 is 1.08 bits per heavy atom. The van der Waals surface area contributed by atoms with Crippen LogP contribution >= 0.6 is 11.6 Å². The van der Waals surface area contributed by atoms with E-state index in [9.17, 15) is 10.1 Å². The molecular formula is C33H28ClN3O2. The maximum atomic E-state index is 11.8. The number of carbonyl (C=O) groups excluding carboxylic acids is 1. The van der Waals surface area contributed by atoms with Crippen LogP contribution in [0.5, 0.6) is 0 Å². The van der Waals surface area contributed by atoms with Gasteiger partial charge in [-0.25, -0.2) is 4.79 Å². The van der Waals surface area contributed by atoms with Crippen molar-refractivity contribution in [3.8, 4) is 17.2 Å². The number of aromatic nitrogens is 2. The lowest BCUT2D eigenvalue weighted by Crippen LogP contribution is -2.15. The summed E-state index contributed by atoms with van der Waals surface area (Å²) in [5, 5.41) is 16.9. The Balaban J connectivity index is 1.65. The number of aromatic amines is 1. The average molecular weight is 534 g/mol. The van der Waals surface area contributed by atoms with Gasteiger partial charge in [-0.2, -0.15) is 10.4 Å². The lowest BCUT2D eigenvalue weighted by Gasteiger charge is -2.32. The summed E-state index contributed by atoms with van der Waals surface area (Å²) in [4.78, 5) is 11.8. The number of hydrogen-bond donors (Lipinski definition) is 1. The Kier molecular flexibility index (Phi) is 8.05. The summed E-state index contributed by atoms with van der Waals surface area (Å²) in [5.41, 5.74) is 8.96. The average Bonchev–Trinajstić information content (AvgIpc) is 3.47. The zero-order chi connectivity index (χ0) is 27.2. The molecule has 0 aliphatic heterocycles. The van der Waals surface area contributed by atoms with Gasteiger partial charge in [0.15, 0.2) is 0 Å². The van der Waals surface area contributed by atoms with Crippen molar-refractivity contribution in [3.63, 3.8) is 0 Å². The number of halogens is 1. The van der Waals surface area contributed by atoms with Crippen LogP contribution in [0.3, 0.4) is 0 Å². The van der Waals surface area contributed by atoms with E-state index < -0.39 is 0 Å². The number of H-pyrrole nitrogens is 1. The van der Waals surface area contributed by atoms with Crippen LogP contribution < -0.4 is 0 Å². The second kappa shape index (κ2) is 12.0. The van der Waals surface area contributed by atoms with Gasteiger partial charge in [-0.3, -0.25) is 5.10 Å². The minimum Gasteiger partial charge on any atom is -0.463 e. The largest absolute Gasteiger partial charge is 0.463 e. The first-order valence-electron chi connectivity index (χ1n) is 13.1. The van der Waals surface area contributed by atoms with E-state index in [1.54, 1.807) is 19.1 Å². The van der Waals surface area contributed by atoms with Crippen LogP contribution in [0.2, 0.25) is 5.02 Å². The molecule has 0 spiro atoms. The molecule has 4 aromatic rings. The number of nitrogens with one attached hydrogen (secondary N) is 1. The highest BCUT2D eigenvalue weighted by molar-refractivity contribution is 6.33. The van der Waals surface area contributed by atoms with Crippen molar-refractivity contribution in [1.29, 1.82) is 5.26 Å². The summed E-state index contributed by atoms with van der Waals surface area (Å²) >= 11 is 6.81. The summed E-state index contributed by atoms with van der Waals surface area (Å²) < 4.78 is 5.00. The molecule has 39 heavy (non-hydrogen) atoms. The van der Waals surface area contributed by atoms with Gasteiger partial charge >= 0.3 is 5.97 Å². The molecule has 1 aliphatic carbocycles. The van der Waals surface area contributed by atoms with Gasteiger partial charge in [0, 0.05) is 22.9 Å². The van der Waals surface area contributed by atoms with E-state index >= 15 is 0 Å². The van der Waals surface area contributed by atoms with Crippen LogP contribution in [0.4, 0.5) is 0 Å². The molecule has 0 saturated heterocycles. The van der Waals surface area contributed by atoms with Gasteiger partial charge in [-0.05, 0) is 82.9 Å². The van der Waals surface area contributed by atoms with Crippen LogP contribution in [-0.4, -0.2) is 22.8 Å². The molecule has 0 amide bonds. The summed E-state index contributed by atoms with van der Waals surface area (Å²) in [5.74, 6) is 0.00461. The van der Waals surface area contributed by atoms with E-state index in [0.29, 0.717) is 23.1 Å². The number of hydrogen-bond acceptors (Lipinski definition) is 4. The number of carbonyl (C=O) groups is 1. The molecule has 1 aromatic heterocycles. The van der Waals surface area contributed by atoms with E-state index in [1.165, 1.54) is 18.1 Å². The molecule has 3 aromatic carbocycles. The Labute approximate surface area is 233 Å². The van der Waals surface area contributed by atoms with Crippen molar-refractivity contribution in [3.05, 3.63) is 118 Å². The third-order valence-corrected chi connectivity index (χ3v) is 7.39. The fraction of sp³-hybridized carbons (Fsp3) is 0.182. The highest BCUT2D eigenvalue weighted by Gasteiger charge is 2.28. The summed E-state index contributed by atoms with van der Waals surface area (Å²) in [7, 11) is 0. The smallest absolute Gasteiger partial charge is 0.330 e. The number of ether oxygens (including phenoxy) is 1. The van der Waals surface area contributed by atoms with Gasteiger partial charge in [0.25, 0.3) is 0 Å². The molecule has 5 nitrogen and oxygen atoms in total. The van der Waals surface area contributed by atoms with Gasteiger partial charge in [-0.1, -0.05) is 72.6 Å². The van der Waals surface area contributed by atoms with Gasteiger partial charge in [0.2, 0.25) is 0 Å².